The van der Waals surface area contributed by atoms with Crippen LogP contribution in [-0.4, -0.2) is 9.55 Å². The highest BCUT2D eigenvalue weighted by Gasteiger charge is 2.17. The molecule has 2 heterocycles. The SMILES string of the molecule is O=c1oc2ccccc2cc1-c1cn(-c2ccc(Cl)cc2Cl)c(SCc2ccc(F)cc2)n1. The van der Waals surface area contributed by atoms with Gasteiger partial charge in [0.05, 0.1) is 22.0 Å². The molecule has 33 heavy (non-hydrogen) atoms. The minimum absolute atomic E-state index is 0.288. The van der Waals surface area contributed by atoms with E-state index in [-0.39, 0.29) is 5.82 Å². The number of fused-ring (bicyclic) bond motifs is 1. The molecule has 0 amide bonds. The first-order valence-electron chi connectivity index (χ1n) is 9.93. The first-order valence-corrected chi connectivity index (χ1v) is 11.7. The van der Waals surface area contributed by atoms with Crippen LogP contribution in [0.4, 0.5) is 4.39 Å². The van der Waals surface area contributed by atoms with Gasteiger partial charge in [-0.05, 0) is 48.0 Å². The van der Waals surface area contributed by atoms with E-state index in [1.165, 1.54) is 23.9 Å². The summed E-state index contributed by atoms with van der Waals surface area (Å²) in [7, 11) is 0. The predicted molar refractivity (Wildman–Crippen MR) is 131 cm³/mol. The molecule has 164 valence electrons. The van der Waals surface area contributed by atoms with Gasteiger partial charge in [-0.15, -0.1) is 0 Å². The van der Waals surface area contributed by atoms with Crippen LogP contribution >= 0.6 is 35.0 Å². The standard InChI is InChI=1S/C25H15Cl2FN2O2S/c26-17-7-10-22(20(27)12-17)30-13-21(19-11-16-3-1-2-4-23(16)32-24(19)31)29-25(30)33-14-15-5-8-18(28)9-6-15/h1-13H,14H2. The van der Waals surface area contributed by atoms with Crippen molar-refractivity contribution in [3.63, 3.8) is 0 Å². The van der Waals surface area contributed by atoms with E-state index in [4.69, 9.17) is 32.6 Å². The first-order chi connectivity index (χ1) is 16.0. The molecule has 0 saturated carbocycles. The summed E-state index contributed by atoms with van der Waals surface area (Å²) in [5, 5.41) is 2.37. The van der Waals surface area contributed by atoms with Crippen molar-refractivity contribution in [1.29, 1.82) is 0 Å². The normalized spacial score (nSPS) is 11.2. The Morgan fingerprint density at radius 1 is 1.00 bits per heavy atom. The molecule has 8 heteroatoms. The quantitative estimate of drug-likeness (QED) is 0.188. The second kappa shape index (κ2) is 9.06. The fraction of sp³-hybridized carbons (Fsp3) is 0.0400. The van der Waals surface area contributed by atoms with Gasteiger partial charge < -0.3 is 4.42 Å². The fourth-order valence-electron chi connectivity index (χ4n) is 3.41. The van der Waals surface area contributed by atoms with Crippen LogP contribution in [0, 0.1) is 5.82 Å². The third-order valence-corrected chi connectivity index (χ3v) is 6.60. The van der Waals surface area contributed by atoms with Crippen molar-refractivity contribution in [1.82, 2.24) is 9.55 Å². The Morgan fingerprint density at radius 2 is 1.79 bits per heavy atom. The van der Waals surface area contributed by atoms with Crippen LogP contribution in [0.15, 0.2) is 93.4 Å². The maximum Gasteiger partial charge on any atom is 0.345 e. The van der Waals surface area contributed by atoms with Crippen molar-refractivity contribution in [2.45, 2.75) is 10.9 Å². The van der Waals surface area contributed by atoms with Crippen molar-refractivity contribution in [3.05, 3.63) is 111 Å². The molecule has 0 spiro atoms. The molecule has 0 fully saturated rings. The molecule has 0 N–H and O–H groups in total. The number of halogens is 3. The third-order valence-electron chi connectivity index (χ3n) is 5.04. The van der Waals surface area contributed by atoms with E-state index in [0.717, 1.165) is 10.9 Å². The molecule has 0 unspecified atom stereocenters. The summed E-state index contributed by atoms with van der Waals surface area (Å²) in [6.45, 7) is 0. The van der Waals surface area contributed by atoms with Gasteiger partial charge in [0.25, 0.3) is 0 Å². The molecule has 2 aromatic heterocycles. The van der Waals surface area contributed by atoms with Gasteiger partial charge in [0.2, 0.25) is 0 Å². The summed E-state index contributed by atoms with van der Waals surface area (Å²) in [5.74, 6) is 0.261. The molecule has 0 atom stereocenters. The van der Waals surface area contributed by atoms with Crippen LogP contribution in [-0.2, 0) is 5.75 Å². The molecule has 0 aliphatic carbocycles. The van der Waals surface area contributed by atoms with Crippen molar-refractivity contribution >= 4 is 45.9 Å². The highest BCUT2D eigenvalue weighted by atomic mass is 35.5. The highest BCUT2D eigenvalue weighted by molar-refractivity contribution is 7.98. The lowest BCUT2D eigenvalue weighted by Crippen LogP contribution is -2.02. The van der Waals surface area contributed by atoms with Crippen LogP contribution in [0.2, 0.25) is 10.0 Å². The van der Waals surface area contributed by atoms with Crippen LogP contribution < -0.4 is 5.63 Å². The zero-order chi connectivity index (χ0) is 22.9. The van der Waals surface area contributed by atoms with Gasteiger partial charge in [-0.1, -0.05) is 65.3 Å². The molecule has 0 aliphatic heterocycles. The number of benzene rings is 3. The molecule has 3 aromatic carbocycles. The van der Waals surface area contributed by atoms with Gasteiger partial charge in [-0.25, -0.2) is 14.2 Å². The summed E-state index contributed by atoms with van der Waals surface area (Å²) in [4.78, 5) is 17.4. The lowest BCUT2D eigenvalue weighted by atomic mass is 10.1. The molecule has 0 radical (unpaired) electrons. The van der Waals surface area contributed by atoms with Gasteiger partial charge in [0.1, 0.15) is 11.4 Å². The molecular weight excluding hydrogens is 482 g/mol. The number of hydrogen-bond donors (Lipinski definition) is 0. The largest absolute Gasteiger partial charge is 0.422 e. The Hall–Kier alpha value is -3.06. The molecule has 0 bridgehead atoms. The first kappa shape index (κ1) is 21.8. The van der Waals surface area contributed by atoms with E-state index in [9.17, 15) is 9.18 Å². The smallest absolute Gasteiger partial charge is 0.345 e. The molecule has 4 nitrogen and oxygen atoms in total. The minimum Gasteiger partial charge on any atom is -0.422 e. The van der Waals surface area contributed by atoms with E-state index >= 15 is 0 Å². The lowest BCUT2D eigenvalue weighted by Gasteiger charge is -2.09. The van der Waals surface area contributed by atoms with Gasteiger partial charge in [-0.3, -0.25) is 4.57 Å². The fourth-order valence-corrected chi connectivity index (χ4v) is 4.85. The topological polar surface area (TPSA) is 48.0 Å². The molecule has 0 aliphatic rings. The molecule has 5 rings (SSSR count). The van der Waals surface area contributed by atoms with E-state index in [2.05, 4.69) is 0 Å². The summed E-state index contributed by atoms with van der Waals surface area (Å²) < 4.78 is 20.6. The Bertz CT molecular complexity index is 1530. The summed E-state index contributed by atoms with van der Waals surface area (Å²) >= 11 is 14.0. The number of aromatic nitrogens is 2. The number of hydrogen-bond acceptors (Lipinski definition) is 4. The molecular formula is C25H15Cl2FN2O2S. The van der Waals surface area contributed by atoms with Crippen LogP contribution in [0.25, 0.3) is 27.9 Å². The second-order valence-electron chi connectivity index (χ2n) is 7.27. The zero-order valence-electron chi connectivity index (χ0n) is 17.0. The lowest BCUT2D eigenvalue weighted by molar-refractivity contribution is 0.563. The average molecular weight is 497 g/mol. The summed E-state index contributed by atoms with van der Waals surface area (Å²) in [6.07, 6.45) is 1.75. The molecule has 0 saturated heterocycles. The average Bonchev–Trinajstić information content (AvgIpc) is 3.22. The molecule has 5 aromatic rings. The number of thioether (sulfide) groups is 1. The summed E-state index contributed by atoms with van der Waals surface area (Å²) in [6, 6.07) is 20.6. The van der Waals surface area contributed by atoms with Crippen LogP contribution in [0.3, 0.4) is 0 Å². The predicted octanol–water partition coefficient (Wildman–Crippen LogP) is 7.38. The van der Waals surface area contributed by atoms with Crippen molar-refractivity contribution in [2.75, 3.05) is 0 Å². The Labute approximate surface area is 202 Å². The van der Waals surface area contributed by atoms with Gasteiger partial charge >= 0.3 is 5.63 Å². The second-order valence-corrected chi connectivity index (χ2v) is 9.06. The maximum atomic E-state index is 13.3. The maximum absolute atomic E-state index is 13.3. The van der Waals surface area contributed by atoms with Crippen LogP contribution in [0.1, 0.15) is 5.56 Å². The Morgan fingerprint density at radius 3 is 2.58 bits per heavy atom. The number of rotatable bonds is 5. The van der Waals surface area contributed by atoms with Gasteiger partial charge in [0, 0.05) is 22.4 Å². The third kappa shape index (κ3) is 4.55. The van der Waals surface area contributed by atoms with Gasteiger partial charge in [0.15, 0.2) is 5.16 Å². The highest BCUT2D eigenvalue weighted by Crippen LogP contribution is 2.33. The Balaban J connectivity index is 1.60. The van der Waals surface area contributed by atoms with Crippen LogP contribution in [0.5, 0.6) is 0 Å². The number of nitrogens with zero attached hydrogens (tertiary/aromatic N) is 2. The zero-order valence-corrected chi connectivity index (χ0v) is 19.3. The van der Waals surface area contributed by atoms with Gasteiger partial charge in [-0.2, -0.15) is 0 Å². The van der Waals surface area contributed by atoms with Crippen molar-refractivity contribution in [3.8, 4) is 16.9 Å². The Kier molecular flexibility index (Phi) is 5.98. The summed E-state index contributed by atoms with van der Waals surface area (Å²) in [5.41, 5.74) is 2.45. The van der Waals surface area contributed by atoms with E-state index in [1.807, 2.05) is 22.8 Å². The van der Waals surface area contributed by atoms with E-state index in [1.54, 1.807) is 48.7 Å². The minimum atomic E-state index is -0.476. The monoisotopic (exact) mass is 496 g/mol. The number of imidazole rings is 1. The van der Waals surface area contributed by atoms with E-state index in [0.29, 0.717) is 43.5 Å². The van der Waals surface area contributed by atoms with Crippen molar-refractivity contribution in [2.24, 2.45) is 0 Å². The van der Waals surface area contributed by atoms with Crippen molar-refractivity contribution < 1.29 is 8.81 Å². The van der Waals surface area contributed by atoms with E-state index < -0.39 is 5.63 Å². The number of para-hydroxylation sites is 1.